The zero-order valence-corrected chi connectivity index (χ0v) is 19.4. The molecule has 1 aliphatic heterocycles. The van der Waals surface area contributed by atoms with Crippen LogP contribution in [0.1, 0.15) is 13.8 Å². The molecule has 1 saturated heterocycles. The maximum Gasteiger partial charge on any atom is 0.224 e. The summed E-state index contributed by atoms with van der Waals surface area (Å²) in [5.41, 5.74) is 1.74. The van der Waals surface area contributed by atoms with Gasteiger partial charge in [-0.25, -0.2) is 4.98 Å². The number of rotatable bonds is 6. The molecule has 0 spiro atoms. The van der Waals surface area contributed by atoms with Crippen LogP contribution in [0.2, 0.25) is 0 Å². The monoisotopic (exact) mass is 459 g/mol. The van der Waals surface area contributed by atoms with Crippen LogP contribution >= 0.6 is 0 Å². The molecule has 10 nitrogen and oxygen atoms in total. The third-order valence-electron chi connectivity index (χ3n) is 5.87. The first-order valence-corrected chi connectivity index (χ1v) is 11.4. The Labute approximate surface area is 199 Å². The van der Waals surface area contributed by atoms with Gasteiger partial charge in [-0.3, -0.25) is 4.98 Å². The van der Waals surface area contributed by atoms with Crippen molar-refractivity contribution in [2.24, 2.45) is 10.9 Å². The van der Waals surface area contributed by atoms with Gasteiger partial charge in [-0.05, 0) is 36.2 Å². The number of hydrogen-bond acceptors (Lipinski definition) is 8. The fourth-order valence-corrected chi connectivity index (χ4v) is 4.17. The van der Waals surface area contributed by atoms with Gasteiger partial charge in [-0.15, -0.1) is 4.99 Å². The first-order chi connectivity index (χ1) is 16.6. The topological polar surface area (TPSA) is 126 Å². The number of nitriles is 1. The van der Waals surface area contributed by atoms with E-state index in [9.17, 15) is 5.26 Å². The minimum absolute atomic E-state index is 0.0163. The van der Waals surface area contributed by atoms with Gasteiger partial charge in [0.1, 0.15) is 5.82 Å². The van der Waals surface area contributed by atoms with Crippen LogP contribution in [0.15, 0.2) is 53.8 Å². The molecule has 3 heterocycles. The summed E-state index contributed by atoms with van der Waals surface area (Å²) in [6.07, 6.45) is 5.45. The lowest BCUT2D eigenvalue weighted by Crippen LogP contribution is -2.58. The molecule has 0 bridgehead atoms. The van der Waals surface area contributed by atoms with Crippen molar-refractivity contribution in [3.8, 4) is 6.19 Å². The van der Waals surface area contributed by atoms with Gasteiger partial charge in [0, 0.05) is 44.0 Å². The van der Waals surface area contributed by atoms with E-state index in [1.807, 2.05) is 42.6 Å². The predicted octanol–water partition coefficient (Wildman–Crippen LogP) is 2.52. The number of aliphatic hydroxyl groups is 1. The van der Waals surface area contributed by atoms with Crippen LogP contribution in [-0.4, -0.2) is 69.7 Å². The number of aromatic nitrogens is 3. The summed E-state index contributed by atoms with van der Waals surface area (Å²) in [5.74, 6) is 2.15. The van der Waals surface area contributed by atoms with E-state index in [1.54, 1.807) is 12.4 Å². The maximum atomic E-state index is 9.45. The SMILES string of the molecule is CC(C)C1CN(c2ccnc(NCCO)n2)CCN1/C(=N\C#N)Nc1cccc2ncccc12. The van der Waals surface area contributed by atoms with E-state index in [4.69, 9.17) is 5.11 Å². The molecule has 10 heteroatoms. The summed E-state index contributed by atoms with van der Waals surface area (Å²) in [4.78, 5) is 21.8. The maximum absolute atomic E-state index is 9.45. The van der Waals surface area contributed by atoms with Crippen molar-refractivity contribution >= 4 is 34.3 Å². The average Bonchev–Trinajstić information content (AvgIpc) is 2.87. The quantitative estimate of drug-likeness (QED) is 0.290. The highest BCUT2D eigenvalue weighted by Crippen LogP contribution is 2.25. The summed E-state index contributed by atoms with van der Waals surface area (Å²) in [6.45, 7) is 6.85. The normalized spacial score (nSPS) is 16.6. The van der Waals surface area contributed by atoms with Crippen LogP contribution in [0.4, 0.5) is 17.5 Å². The number of nitrogens with zero attached hydrogens (tertiary/aromatic N) is 7. The third kappa shape index (κ3) is 5.15. The van der Waals surface area contributed by atoms with Crippen molar-refractivity contribution in [3.63, 3.8) is 0 Å². The number of guanidine groups is 1. The number of benzene rings is 1. The van der Waals surface area contributed by atoms with E-state index < -0.39 is 0 Å². The van der Waals surface area contributed by atoms with E-state index >= 15 is 0 Å². The van der Waals surface area contributed by atoms with Gasteiger partial charge in [0.15, 0.2) is 0 Å². The van der Waals surface area contributed by atoms with E-state index in [1.165, 1.54) is 0 Å². The highest BCUT2D eigenvalue weighted by Gasteiger charge is 2.32. The Kier molecular flexibility index (Phi) is 7.34. The molecule has 176 valence electrons. The number of aliphatic hydroxyl groups excluding tert-OH is 1. The number of nitrogens with one attached hydrogen (secondary N) is 2. The molecule has 1 aromatic carbocycles. The lowest BCUT2D eigenvalue weighted by molar-refractivity contribution is 0.224. The van der Waals surface area contributed by atoms with Gasteiger partial charge in [0.05, 0.1) is 23.9 Å². The summed E-state index contributed by atoms with van der Waals surface area (Å²) in [5, 5.41) is 25.9. The van der Waals surface area contributed by atoms with Crippen LogP contribution < -0.4 is 15.5 Å². The lowest BCUT2D eigenvalue weighted by atomic mass is 9.99. The number of piperazine rings is 1. The van der Waals surface area contributed by atoms with E-state index in [0.29, 0.717) is 37.5 Å². The molecule has 1 unspecified atom stereocenters. The molecule has 3 aromatic rings. The van der Waals surface area contributed by atoms with Crippen LogP contribution in [-0.2, 0) is 0 Å². The molecule has 1 atom stereocenters. The molecule has 0 aliphatic carbocycles. The first kappa shape index (κ1) is 23.2. The molecule has 0 amide bonds. The van der Waals surface area contributed by atoms with Gasteiger partial charge >= 0.3 is 0 Å². The highest BCUT2D eigenvalue weighted by molar-refractivity contribution is 6.02. The van der Waals surface area contributed by atoms with Crippen LogP contribution in [0, 0.1) is 17.4 Å². The summed E-state index contributed by atoms with van der Waals surface area (Å²) in [7, 11) is 0. The Balaban J connectivity index is 1.57. The molecule has 3 N–H and O–H groups in total. The number of hydrogen-bond donors (Lipinski definition) is 3. The Hall–Kier alpha value is -3.97. The minimum atomic E-state index is 0.0163. The Morgan fingerprint density at radius 3 is 2.88 bits per heavy atom. The smallest absolute Gasteiger partial charge is 0.224 e. The second-order valence-corrected chi connectivity index (χ2v) is 8.38. The standard InChI is InChI=1S/C24H29N9O/c1-17(2)21-15-32(22-8-10-27-23(31-22)28-11-14-34)12-13-33(21)24(29-16-25)30-20-7-3-6-19-18(20)5-4-9-26-19/h3-10,17,21,34H,11-15H2,1-2H3,(H,29,30)(H,27,28,31). The number of aliphatic imine (C=N–C) groups is 1. The zero-order chi connectivity index (χ0) is 23.9. The molecular formula is C24H29N9O. The number of pyridine rings is 1. The fraction of sp³-hybridized carbons (Fsp3) is 0.375. The molecule has 2 aromatic heterocycles. The largest absolute Gasteiger partial charge is 0.395 e. The van der Waals surface area contributed by atoms with Crippen molar-refractivity contribution in [1.29, 1.82) is 5.26 Å². The summed E-state index contributed by atoms with van der Waals surface area (Å²) < 4.78 is 0. The van der Waals surface area contributed by atoms with Gasteiger partial charge < -0.3 is 25.5 Å². The van der Waals surface area contributed by atoms with Crippen molar-refractivity contribution in [1.82, 2.24) is 19.9 Å². The second kappa shape index (κ2) is 10.8. The summed E-state index contributed by atoms with van der Waals surface area (Å²) >= 11 is 0. The Bertz CT molecular complexity index is 1190. The number of fused-ring (bicyclic) bond motifs is 1. The molecule has 1 aliphatic rings. The second-order valence-electron chi connectivity index (χ2n) is 8.38. The van der Waals surface area contributed by atoms with Crippen molar-refractivity contribution < 1.29 is 5.11 Å². The molecular weight excluding hydrogens is 430 g/mol. The molecule has 4 rings (SSSR count). The molecule has 1 fully saturated rings. The van der Waals surface area contributed by atoms with Crippen molar-refractivity contribution in [2.75, 3.05) is 48.3 Å². The van der Waals surface area contributed by atoms with Gasteiger partial charge in [-0.2, -0.15) is 10.2 Å². The third-order valence-corrected chi connectivity index (χ3v) is 5.87. The average molecular weight is 460 g/mol. The molecule has 34 heavy (non-hydrogen) atoms. The zero-order valence-electron chi connectivity index (χ0n) is 19.4. The van der Waals surface area contributed by atoms with Gasteiger partial charge in [-0.1, -0.05) is 19.9 Å². The minimum Gasteiger partial charge on any atom is -0.395 e. The van der Waals surface area contributed by atoms with E-state index in [0.717, 1.165) is 29.0 Å². The van der Waals surface area contributed by atoms with Crippen LogP contribution in [0.3, 0.4) is 0 Å². The Morgan fingerprint density at radius 1 is 1.21 bits per heavy atom. The first-order valence-electron chi connectivity index (χ1n) is 11.4. The van der Waals surface area contributed by atoms with Crippen LogP contribution in [0.25, 0.3) is 10.9 Å². The van der Waals surface area contributed by atoms with Crippen molar-refractivity contribution in [3.05, 3.63) is 48.8 Å². The van der Waals surface area contributed by atoms with Crippen molar-refractivity contribution in [2.45, 2.75) is 19.9 Å². The molecule has 0 radical (unpaired) electrons. The molecule has 0 saturated carbocycles. The highest BCUT2D eigenvalue weighted by atomic mass is 16.3. The van der Waals surface area contributed by atoms with Gasteiger partial charge in [0.2, 0.25) is 18.1 Å². The predicted molar refractivity (Wildman–Crippen MR) is 134 cm³/mol. The lowest BCUT2D eigenvalue weighted by Gasteiger charge is -2.45. The van der Waals surface area contributed by atoms with Gasteiger partial charge in [0.25, 0.3) is 0 Å². The number of anilines is 3. The Morgan fingerprint density at radius 2 is 2.09 bits per heavy atom. The fourth-order valence-electron chi connectivity index (χ4n) is 4.17. The van der Waals surface area contributed by atoms with E-state index in [2.05, 4.69) is 54.2 Å². The van der Waals surface area contributed by atoms with Crippen LogP contribution in [0.5, 0.6) is 0 Å². The summed E-state index contributed by atoms with van der Waals surface area (Å²) in [6, 6.07) is 11.8. The van der Waals surface area contributed by atoms with E-state index in [-0.39, 0.29) is 12.6 Å².